The van der Waals surface area contributed by atoms with Crippen LogP contribution in [0.5, 0.6) is 5.75 Å². The van der Waals surface area contributed by atoms with Crippen molar-refractivity contribution >= 4 is 35.0 Å². The molecule has 4 rings (SSSR count). The number of halogens is 2. The lowest BCUT2D eigenvalue weighted by Gasteiger charge is -2.42. The third kappa shape index (κ3) is 7.04. The van der Waals surface area contributed by atoms with Crippen molar-refractivity contribution in [1.29, 1.82) is 0 Å². The van der Waals surface area contributed by atoms with E-state index < -0.39 is 5.60 Å². The molecule has 1 heterocycles. The Hall–Kier alpha value is -3.06. The van der Waals surface area contributed by atoms with Gasteiger partial charge in [-0.3, -0.25) is 9.59 Å². The average molecular weight is 541 g/mol. The first-order valence-corrected chi connectivity index (χ1v) is 12.9. The van der Waals surface area contributed by atoms with Crippen LogP contribution in [0.25, 0.3) is 0 Å². The number of carbonyl (C=O) groups is 2. The number of carbonyl (C=O) groups excluding carboxylic acids is 2. The third-order valence-electron chi connectivity index (χ3n) is 6.42. The number of nitrogens with zero attached hydrogens (tertiary/aromatic N) is 2. The second kappa shape index (κ2) is 12.0. The highest BCUT2D eigenvalue weighted by Crippen LogP contribution is 2.28. The van der Waals surface area contributed by atoms with Crippen molar-refractivity contribution in [3.63, 3.8) is 0 Å². The fraction of sp³-hybridized carbons (Fsp3) is 0.310. The number of amides is 2. The summed E-state index contributed by atoms with van der Waals surface area (Å²) in [5.74, 6) is 0.383. The zero-order valence-electron chi connectivity index (χ0n) is 21.0. The number of hydrogen-bond donors (Lipinski definition) is 0. The van der Waals surface area contributed by atoms with Gasteiger partial charge >= 0.3 is 0 Å². The Morgan fingerprint density at radius 3 is 2.49 bits per heavy atom. The monoisotopic (exact) mass is 540 g/mol. The number of benzene rings is 3. The lowest BCUT2D eigenvalue weighted by Crippen LogP contribution is -2.58. The number of ether oxygens (including phenoxy) is 2. The van der Waals surface area contributed by atoms with Crippen LogP contribution in [0.1, 0.15) is 27.9 Å². The van der Waals surface area contributed by atoms with E-state index >= 15 is 0 Å². The van der Waals surface area contributed by atoms with Crippen molar-refractivity contribution < 1.29 is 19.1 Å². The zero-order valence-corrected chi connectivity index (χ0v) is 22.5. The van der Waals surface area contributed by atoms with Gasteiger partial charge in [0.05, 0.1) is 19.6 Å². The predicted octanol–water partition coefficient (Wildman–Crippen LogP) is 5.64. The first-order valence-electron chi connectivity index (χ1n) is 12.1. The zero-order chi connectivity index (χ0) is 26.4. The molecule has 0 bridgehead atoms. The molecule has 3 aromatic carbocycles. The Morgan fingerprint density at radius 1 is 1.05 bits per heavy atom. The molecule has 0 N–H and O–H groups in total. The van der Waals surface area contributed by atoms with Crippen LogP contribution in [0.4, 0.5) is 0 Å². The van der Waals surface area contributed by atoms with Crippen LogP contribution < -0.4 is 4.74 Å². The van der Waals surface area contributed by atoms with Crippen molar-refractivity contribution in [2.24, 2.45) is 0 Å². The molecule has 1 fully saturated rings. The molecule has 6 nitrogen and oxygen atoms in total. The number of aryl methyl sites for hydroxylation is 1. The maximum absolute atomic E-state index is 13.4. The largest absolute Gasteiger partial charge is 0.490 e. The minimum atomic E-state index is -1.02. The molecule has 2 amide bonds. The molecule has 0 spiro atoms. The molecular formula is C29H30Cl2N2O4. The topological polar surface area (TPSA) is 59.1 Å². The van der Waals surface area contributed by atoms with Crippen LogP contribution in [-0.2, 0) is 16.1 Å². The molecule has 0 aliphatic carbocycles. The molecule has 1 saturated heterocycles. The third-order valence-corrected chi connectivity index (χ3v) is 7.10. The predicted molar refractivity (Wildman–Crippen MR) is 145 cm³/mol. The van der Waals surface area contributed by atoms with Crippen LogP contribution >= 0.6 is 23.2 Å². The lowest BCUT2D eigenvalue weighted by molar-refractivity contribution is -0.152. The van der Waals surface area contributed by atoms with E-state index in [1.807, 2.05) is 43.3 Å². The molecule has 0 radical (unpaired) electrons. The summed E-state index contributed by atoms with van der Waals surface area (Å²) in [5.41, 5.74) is 1.43. The molecule has 1 aliphatic rings. The standard InChI is InChI=1S/C29H30Cl2N2O4/c1-21-16-25(12-13-26(21)31)36-20-29(17-27(34)32(2)18-22-6-4-3-5-7-22)19-33(14-15-37-29)28(35)23-8-10-24(30)11-9-23/h3-13,16H,14-15,17-20H2,1-2H3. The Balaban J connectivity index is 1.54. The van der Waals surface area contributed by atoms with Crippen molar-refractivity contribution in [3.8, 4) is 5.75 Å². The van der Waals surface area contributed by atoms with Crippen molar-refractivity contribution in [2.45, 2.75) is 25.5 Å². The summed E-state index contributed by atoms with van der Waals surface area (Å²) in [7, 11) is 1.77. The van der Waals surface area contributed by atoms with E-state index in [1.165, 1.54) is 0 Å². The van der Waals surface area contributed by atoms with Gasteiger partial charge in [-0.25, -0.2) is 0 Å². The lowest BCUT2D eigenvalue weighted by atomic mass is 9.96. The van der Waals surface area contributed by atoms with Crippen LogP contribution in [0.2, 0.25) is 10.0 Å². The van der Waals surface area contributed by atoms with Gasteiger partial charge in [0, 0.05) is 35.7 Å². The summed E-state index contributed by atoms with van der Waals surface area (Å²) in [6.07, 6.45) is 0.0628. The Kier molecular flexibility index (Phi) is 8.75. The molecule has 8 heteroatoms. The van der Waals surface area contributed by atoms with E-state index in [-0.39, 0.29) is 38.0 Å². The molecular weight excluding hydrogens is 511 g/mol. The molecule has 37 heavy (non-hydrogen) atoms. The molecule has 0 aromatic heterocycles. The van der Waals surface area contributed by atoms with E-state index in [2.05, 4.69) is 0 Å². The summed E-state index contributed by atoms with van der Waals surface area (Å²) in [6.45, 7) is 3.39. The highest BCUT2D eigenvalue weighted by molar-refractivity contribution is 6.31. The van der Waals surface area contributed by atoms with Gasteiger partial charge in [-0.05, 0) is 60.5 Å². The van der Waals surface area contributed by atoms with Gasteiger partial charge in [0.25, 0.3) is 5.91 Å². The summed E-state index contributed by atoms with van der Waals surface area (Å²) in [6, 6.07) is 22.0. The van der Waals surface area contributed by atoms with Gasteiger partial charge in [0.1, 0.15) is 18.0 Å². The van der Waals surface area contributed by atoms with E-state index in [9.17, 15) is 9.59 Å². The van der Waals surface area contributed by atoms with Gasteiger partial charge in [-0.15, -0.1) is 0 Å². The highest BCUT2D eigenvalue weighted by atomic mass is 35.5. The number of hydrogen-bond acceptors (Lipinski definition) is 4. The SMILES string of the molecule is Cc1cc(OCC2(CC(=O)N(C)Cc3ccccc3)CN(C(=O)c3ccc(Cl)cc3)CCO2)ccc1Cl. The normalized spacial score (nSPS) is 17.4. The van der Waals surface area contributed by atoms with E-state index in [0.29, 0.717) is 34.4 Å². The number of rotatable bonds is 8. The second-order valence-corrected chi connectivity index (χ2v) is 10.2. The van der Waals surface area contributed by atoms with Gasteiger partial charge < -0.3 is 19.3 Å². The quantitative estimate of drug-likeness (QED) is 0.371. The number of morpholine rings is 1. The summed E-state index contributed by atoms with van der Waals surface area (Å²) in [4.78, 5) is 30.1. The molecule has 1 atom stereocenters. The Labute approximate surface area is 227 Å². The second-order valence-electron chi connectivity index (χ2n) is 9.38. The minimum Gasteiger partial charge on any atom is -0.490 e. The molecule has 1 aliphatic heterocycles. The molecule has 0 saturated carbocycles. The van der Waals surface area contributed by atoms with Crippen LogP contribution in [0, 0.1) is 6.92 Å². The average Bonchev–Trinajstić information content (AvgIpc) is 2.90. The first kappa shape index (κ1) is 27.0. The van der Waals surface area contributed by atoms with Crippen molar-refractivity contribution in [3.05, 3.63) is 99.5 Å². The van der Waals surface area contributed by atoms with Gasteiger partial charge in [-0.1, -0.05) is 53.5 Å². The molecule has 194 valence electrons. The van der Waals surface area contributed by atoms with Gasteiger partial charge in [0.2, 0.25) is 5.91 Å². The Morgan fingerprint density at radius 2 is 1.78 bits per heavy atom. The van der Waals surface area contributed by atoms with Crippen LogP contribution in [0.15, 0.2) is 72.8 Å². The maximum atomic E-state index is 13.4. The summed E-state index contributed by atoms with van der Waals surface area (Å²) in [5, 5.41) is 1.21. The summed E-state index contributed by atoms with van der Waals surface area (Å²) < 4.78 is 12.4. The van der Waals surface area contributed by atoms with Crippen molar-refractivity contribution in [2.75, 3.05) is 33.4 Å². The fourth-order valence-corrected chi connectivity index (χ4v) is 4.56. The highest BCUT2D eigenvalue weighted by Gasteiger charge is 2.42. The smallest absolute Gasteiger partial charge is 0.254 e. The van der Waals surface area contributed by atoms with Gasteiger partial charge in [0.15, 0.2) is 0 Å². The van der Waals surface area contributed by atoms with Crippen LogP contribution in [-0.4, -0.2) is 60.6 Å². The summed E-state index contributed by atoms with van der Waals surface area (Å²) >= 11 is 12.2. The Bertz CT molecular complexity index is 1240. The van der Waals surface area contributed by atoms with Crippen LogP contribution in [0.3, 0.4) is 0 Å². The molecule has 3 aromatic rings. The minimum absolute atomic E-state index is 0.0628. The van der Waals surface area contributed by atoms with Gasteiger partial charge in [-0.2, -0.15) is 0 Å². The van der Waals surface area contributed by atoms with E-state index in [4.69, 9.17) is 32.7 Å². The fourth-order valence-electron chi connectivity index (χ4n) is 4.32. The van der Waals surface area contributed by atoms with E-state index in [1.54, 1.807) is 53.2 Å². The van der Waals surface area contributed by atoms with E-state index in [0.717, 1.165) is 11.1 Å². The van der Waals surface area contributed by atoms with Crippen molar-refractivity contribution in [1.82, 2.24) is 9.80 Å². The first-order chi connectivity index (χ1) is 17.7. The molecule has 1 unspecified atom stereocenters. The maximum Gasteiger partial charge on any atom is 0.254 e.